The number of amides is 3. The van der Waals surface area contributed by atoms with Crippen molar-refractivity contribution in [1.82, 2.24) is 10.9 Å². The maximum absolute atomic E-state index is 12.0. The quantitative estimate of drug-likeness (QED) is 0.619. The van der Waals surface area contributed by atoms with Gasteiger partial charge in [0.1, 0.15) is 5.75 Å². The first-order chi connectivity index (χ1) is 13.3. The molecule has 7 nitrogen and oxygen atoms in total. The van der Waals surface area contributed by atoms with Crippen LogP contribution in [0.1, 0.15) is 24.0 Å². The maximum Gasteiger partial charge on any atom is 0.276 e. The van der Waals surface area contributed by atoms with Crippen LogP contribution in [-0.4, -0.2) is 24.3 Å². The van der Waals surface area contributed by atoms with Gasteiger partial charge in [-0.3, -0.25) is 25.2 Å². The molecule has 148 valence electrons. The lowest BCUT2D eigenvalue weighted by molar-refractivity contribution is -0.130. The zero-order valence-electron chi connectivity index (χ0n) is 15.7. The molecule has 0 spiro atoms. The van der Waals surface area contributed by atoms with Gasteiger partial charge < -0.3 is 10.1 Å². The predicted octanol–water partition coefficient (Wildman–Crippen LogP) is 2.90. The first kappa shape index (κ1) is 21.2. The van der Waals surface area contributed by atoms with Crippen LogP contribution in [0, 0.1) is 13.8 Å². The predicted molar refractivity (Wildman–Crippen MR) is 107 cm³/mol. The summed E-state index contributed by atoms with van der Waals surface area (Å²) in [7, 11) is 0. The van der Waals surface area contributed by atoms with Crippen LogP contribution in [0.2, 0.25) is 5.02 Å². The van der Waals surface area contributed by atoms with Gasteiger partial charge in [-0.2, -0.15) is 0 Å². The number of benzene rings is 2. The molecule has 0 bridgehead atoms. The third kappa shape index (κ3) is 6.92. The Bertz CT molecular complexity index is 870. The van der Waals surface area contributed by atoms with Gasteiger partial charge in [0.2, 0.25) is 11.8 Å². The second-order valence-electron chi connectivity index (χ2n) is 6.16. The van der Waals surface area contributed by atoms with Crippen LogP contribution in [-0.2, 0) is 14.4 Å². The van der Waals surface area contributed by atoms with Crippen molar-refractivity contribution in [2.24, 2.45) is 0 Å². The number of hydrogen-bond donors (Lipinski definition) is 3. The Kier molecular flexibility index (Phi) is 7.83. The van der Waals surface area contributed by atoms with E-state index in [2.05, 4.69) is 16.2 Å². The molecular formula is C20H22ClN3O4. The number of hydrogen-bond acceptors (Lipinski definition) is 4. The van der Waals surface area contributed by atoms with Gasteiger partial charge in [-0.05, 0) is 49.2 Å². The van der Waals surface area contributed by atoms with E-state index in [4.69, 9.17) is 16.3 Å². The van der Waals surface area contributed by atoms with Crippen molar-refractivity contribution in [2.75, 3.05) is 11.9 Å². The van der Waals surface area contributed by atoms with Gasteiger partial charge in [0.15, 0.2) is 6.61 Å². The zero-order chi connectivity index (χ0) is 20.5. The Hall–Kier alpha value is -3.06. The van der Waals surface area contributed by atoms with Crippen molar-refractivity contribution in [1.29, 1.82) is 0 Å². The number of carbonyl (C=O) groups is 3. The van der Waals surface area contributed by atoms with Crippen molar-refractivity contribution < 1.29 is 19.1 Å². The van der Waals surface area contributed by atoms with Crippen molar-refractivity contribution in [3.8, 4) is 5.75 Å². The molecule has 2 aromatic rings. The second kappa shape index (κ2) is 10.3. The molecule has 0 aliphatic heterocycles. The molecule has 2 rings (SSSR count). The van der Waals surface area contributed by atoms with Crippen LogP contribution in [0.25, 0.3) is 0 Å². The smallest absolute Gasteiger partial charge is 0.276 e. The largest absolute Gasteiger partial charge is 0.484 e. The molecule has 0 radical (unpaired) electrons. The van der Waals surface area contributed by atoms with Gasteiger partial charge in [-0.15, -0.1) is 0 Å². The third-order valence-corrected chi connectivity index (χ3v) is 4.23. The van der Waals surface area contributed by atoms with Gasteiger partial charge in [0.25, 0.3) is 5.91 Å². The number of nitrogens with one attached hydrogen (secondary N) is 3. The molecule has 8 heteroatoms. The van der Waals surface area contributed by atoms with Crippen molar-refractivity contribution in [2.45, 2.75) is 26.7 Å². The van der Waals surface area contributed by atoms with Crippen molar-refractivity contribution in [3.63, 3.8) is 0 Å². The molecule has 0 fully saturated rings. The van der Waals surface area contributed by atoms with Crippen molar-refractivity contribution in [3.05, 3.63) is 58.6 Å². The van der Waals surface area contributed by atoms with E-state index in [1.165, 1.54) is 0 Å². The molecule has 28 heavy (non-hydrogen) atoms. The molecule has 0 heterocycles. The summed E-state index contributed by atoms with van der Waals surface area (Å²) in [5, 5.41) is 3.25. The average Bonchev–Trinajstić information content (AvgIpc) is 2.67. The van der Waals surface area contributed by atoms with E-state index >= 15 is 0 Å². The number of aryl methyl sites for hydroxylation is 1. The molecule has 3 amide bonds. The number of halogens is 1. The van der Waals surface area contributed by atoms with Crippen LogP contribution < -0.4 is 20.9 Å². The molecule has 0 aliphatic carbocycles. The highest BCUT2D eigenvalue weighted by Crippen LogP contribution is 2.23. The summed E-state index contributed by atoms with van der Waals surface area (Å²) in [4.78, 5) is 35.5. The Morgan fingerprint density at radius 3 is 2.36 bits per heavy atom. The molecule has 0 unspecified atom stereocenters. The zero-order valence-corrected chi connectivity index (χ0v) is 16.4. The van der Waals surface area contributed by atoms with E-state index in [1.54, 1.807) is 37.3 Å². The van der Waals surface area contributed by atoms with Gasteiger partial charge >= 0.3 is 0 Å². The van der Waals surface area contributed by atoms with Crippen LogP contribution >= 0.6 is 11.6 Å². The van der Waals surface area contributed by atoms with E-state index in [0.29, 0.717) is 16.5 Å². The monoisotopic (exact) mass is 403 g/mol. The lowest BCUT2D eigenvalue weighted by atomic mass is 10.2. The van der Waals surface area contributed by atoms with E-state index in [0.717, 1.165) is 11.1 Å². The highest BCUT2D eigenvalue weighted by Gasteiger charge is 2.10. The summed E-state index contributed by atoms with van der Waals surface area (Å²) in [6, 6.07) is 12.5. The molecule has 2 aromatic carbocycles. The lowest BCUT2D eigenvalue weighted by Gasteiger charge is -2.10. The van der Waals surface area contributed by atoms with Crippen LogP contribution in [0.3, 0.4) is 0 Å². The van der Waals surface area contributed by atoms with E-state index in [1.807, 2.05) is 19.1 Å². The van der Waals surface area contributed by atoms with Crippen molar-refractivity contribution >= 4 is 35.0 Å². The minimum absolute atomic E-state index is 0.0343. The third-order valence-electron chi connectivity index (χ3n) is 3.82. The van der Waals surface area contributed by atoms with E-state index < -0.39 is 11.8 Å². The molecule has 0 saturated carbocycles. The van der Waals surface area contributed by atoms with Gasteiger partial charge in [0, 0.05) is 23.6 Å². The highest BCUT2D eigenvalue weighted by molar-refractivity contribution is 6.31. The second-order valence-corrected chi connectivity index (χ2v) is 6.57. The first-order valence-electron chi connectivity index (χ1n) is 8.67. The summed E-state index contributed by atoms with van der Waals surface area (Å²) in [5.41, 5.74) is 6.86. The topological polar surface area (TPSA) is 96.5 Å². The lowest BCUT2D eigenvalue weighted by Crippen LogP contribution is -2.44. The fourth-order valence-electron chi connectivity index (χ4n) is 2.27. The number of rotatable bonds is 7. The molecular weight excluding hydrogens is 382 g/mol. The number of ether oxygens (including phenoxy) is 1. The molecule has 0 aromatic heterocycles. The number of hydrazine groups is 1. The molecule has 3 N–H and O–H groups in total. The van der Waals surface area contributed by atoms with Crippen LogP contribution in [0.5, 0.6) is 5.75 Å². The number of anilines is 1. The Morgan fingerprint density at radius 2 is 1.61 bits per heavy atom. The summed E-state index contributed by atoms with van der Waals surface area (Å²) in [5.74, 6) is -0.750. The summed E-state index contributed by atoms with van der Waals surface area (Å²) in [6.45, 7) is 3.47. The summed E-state index contributed by atoms with van der Waals surface area (Å²) in [6.07, 6.45) is -0.113. The minimum atomic E-state index is -0.506. The molecule has 0 aliphatic rings. The van der Waals surface area contributed by atoms with Crippen LogP contribution in [0.15, 0.2) is 42.5 Å². The Labute approximate surface area is 168 Å². The molecule has 0 atom stereocenters. The standard InChI is InChI=1S/C20H22ClN3O4/c1-13-5-3-6-15(11-13)28-12-20(27)24-23-19(26)10-9-18(25)22-17-8-4-7-16(21)14(17)2/h3-8,11H,9-10,12H2,1-2H3,(H,22,25)(H,23,26)(H,24,27). The normalized spacial score (nSPS) is 10.1. The fourth-order valence-corrected chi connectivity index (χ4v) is 2.45. The van der Waals surface area contributed by atoms with E-state index in [-0.39, 0.29) is 25.4 Å². The number of carbonyl (C=O) groups excluding carboxylic acids is 3. The minimum Gasteiger partial charge on any atom is -0.484 e. The van der Waals surface area contributed by atoms with E-state index in [9.17, 15) is 14.4 Å². The average molecular weight is 404 g/mol. The molecule has 0 saturated heterocycles. The van der Waals surface area contributed by atoms with Gasteiger partial charge in [-0.1, -0.05) is 29.8 Å². The SMILES string of the molecule is Cc1cccc(OCC(=O)NNC(=O)CCC(=O)Nc2cccc(Cl)c2C)c1. The Balaban J connectivity index is 1.67. The maximum atomic E-state index is 12.0. The van der Waals surface area contributed by atoms with Gasteiger partial charge in [0.05, 0.1) is 0 Å². The highest BCUT2D eigenvalue weighted by atomic mass is 35.5. The first-order valence-corrected chi connectivity index (χ1v) is 9.05. The Morgan fingerprint density at radius 1 is 0.929 bits per heavy atom. The van der Waals surface area contributed by atoms with Crippen LogP contribution in [0.4, 0.5) is 5.69 Å². The van der Waals surface area contributed by atoms with Gasteiger partial charge in [-0.25, -0.2) is 0 Å². The summed E-state index contributed by atoms with van der Waals surface area (Å²) >= 11 is 6.00. The summed E-state index contributed by atoms with van der Waals surface area (Å²) < 4.78 is 5.33. The fraction of sp³-hybridized carbons (Fsp3) is 0.250.